The number of amides is 2. The summed E-state index contributed by atoms with van der Waals surface area (Å²) in [5.74, 6) is 0.509. The van der Waals surface area contributed by atoms with Crippen molar-refractivity contribution in [2.75, 3.05) is 18.4 Å². The van der Waals surface area contributed by atoms with Crippen molar-refractivity contribution in [3.05, 3.63) is 59.7 Å². The van der Waals surface area contributed by atoms with Gasteiger partial charge < -0.3 is 10.2 Å². The highest BCUT2D eigenvalue weighted by molar-refractivity contribution is 5.99. The Morgan fingerprint density at radius 1 is 1.03 bits per heavy atom. The summed E-state index contributed by atoms with van der Waals surface area (Å²) in [6.45, 7) is 3.98. The maximum Gasteiger partial charge on any atom is 0.254 e. The lowest BCUT2D eigenvalue weighted by Crippen LogP contribution is -2.28. The lowest BCUT2D eigenvalue weighted by molar-refractivity contribution is -0.116. The first-order valence-corrected chi connectivity index (χ1v) is 10.6. The standard InChI is InChI=1S/C23H26N6O2/c1-17-19(23(31)28-14-5-6-15-28)11-7-12-20(17)24-21(30)13-8-16-29-26-22(25-27-29)18-9-3-2-4-10-18/h2-4,7,9-12H,5-6,8,13-16H2,1H3,(H,24,30). The second kappa shape index (κ2) is 9.51. The number of carbonyl (C=O) groups excluding carboxylic acids is 2. The van der Waals surface area contributed by atoms with E-state index in [1.54, 1.807) is 0 Å². The van der Waals surface area contributed by atoms with Crippen LogP contribution < -0.4 is 5.32 Å². The fourth-order valence-electron chi connectivity index (χ4n) is 3.73. The number of tetrazole rings is 1. The Balaban J connectivity index is 1.31. The molecule has 0 unspecified atom stereocenters. The van der Waals surface area contributed by atoms with Gasteiger partial charge >= 0.3 is 0 Å². The quantitative estimate of drug-likeness (QED) is 0.635. The van der Waals surface area contributed by atoms with E-state index in [1.807, 2.05) is 60.4 Å². The number of rotatable bonds is 7. The molecule has 0 spiro atoms. The minimum Gasteiger partial charge on any atom is -0.339 e. The van der Waals surface area contributed by atoms with E-state index in [4.69, 9.17) is 0 Å². The number of nitrogens with one attached hydrogen (secondary N) is 1. The molecule has 1 aliphatic heterocycles. The predicted molar refractivity (Wildman–Crippen MR) is 117 cm³/mol. The van der Waals surface area contributed by atoms with Gasteiger partial charge in [-0.2, -0.15) is 4.80 Å². The van der Waals surface area contributed by atoms with E-state index in [0.717, 1.165) is 37.1 Å². The molecule has 1 aliphatic rings. The second-order valence-corrected chi connectivity index (χ2v) is 7.70. The number of nitrogens with zero attached hydrogens (tertiary/aromatic N) is 5. The minimum atomic E-state index is -0.0998. The van der Waals surface area contributed by atoms with Gasteiger partial charge in [0.25, 0.3) is 5.91 Å². The smallest absolute Gasteiger partial charge is 0.254 e. The molecule has 2 aromatic carbocycles. The molecule has 8 heteroatoms. The van der Waals surface area contributed by atoms with Crippen LogP contribution in [0.1, 0.15) is 41.6 Å². The van der Waals surface area contributed by atoms with Crippen LogP contribution in [-0.2, 0) is 11.3 Å². The highest BCUT2D eigenvalue weighted by Gasteiger charge is 2.22. The fourth-order valence-corrected chi connectivity index (χ4v) is 3.73. The molecule has 1 saturated heterocycles. The average molecular weight is 419 g/mol. The Hall–Kier alpha value is -3.55. The molecule has 8 nitrogen and oxygen atoms in total. The minimum absolute atomic E-state index is 0.0394. The third-order valence-electron chi connectivity index (χ3n) is 5.48. The highest BCUT2D eigenvalue weighted by atomic mass is 16.2. The summed E-state index contributed by atoms with van der Waals surface area (Å²) < 4.78 is 0. The number of aromatic nitrogens is 4. The summed E-state index contributed by atoms with van der Waals surface area (Å²) >= 11 is 0. The van der Waals surface area contributed by atoms with E-state index in [0.29, 0.717) is 36.5 Å². The van der Waals surface area contributed by atoms with Crippen molar-refractivity contribution >= 4 is 17.5 Å². The van der Waals surface area contributed by atoms with Gasteiger partial charge in [-0.25, -0.2) is 0 Å². The molecule has 0 aliphatic carbocycles. The molecule has 4 rings (SSSR count). The Labute approximate surface area is 181 Å². The third kappa shape index (κ3) is 4.96. The maximum absolute atomic E-state index is 12.7. The van der Waals surface area contributed by atoms with Crippen molar-refractivity contribution in [1.82, 2.24) is 25.1 Å². The molecule has 31 heavy (non-hydrogen) atoms. The largest absolute Gasteiger partial charge is 0.339 e. The van der Waals surface area contributed by atoms with Crippen molar-refractivity contribution in [1.29, 1.82) is 0 Å². The zero-order chi connectivity index (χ0) is 21.6. The van der Waals surface area contributed by atoms with Gasteiger partial charge in [0, 0.05) is 36.3 Å². The summed E-state index contributed by atoms with van der Waals surface area (Å²) in [4.78, 5) is 28.6. The summed E-state index contributed by atoms with van der Waals surface area (Å²) in [5, 5.41) is 15.4. The van der Waals surface area contributed by atoms with Gasteiger partial charge in [-0.3, -0.25) is 9.59 Å². The van der Waals surface area contributed by atoms with Crippen molar-refractivity contribution in [3.63, 3.8) is 0 Å². The van der Waals surface area contributed by atoms with Crippen LogP contribution in [0, 0.1) is 6.92 Å². The Morgan fingerprint density at radius 3 is 2.58 bits per heavy atom. The van der Waals surface area contributed by atoms with E-state index in [1.165, 1.54) is 4.80 Å². The van der Waals surface area contributed by atoms with E-state index in [2.05, 4.69) is 20.7 Å². The zero-order valence-electron chi connectivity index (χ0n) is 17.6. The summed E-state index contributed by atoms with van der Waals surface area (Å²) in [7, 11) is 0. The molecule has 160 valence electrons. The first kappa shape index (κ1) is 20.7. The van der Waals surface area contributed by atoms with Gasteiger partial charge in [0.2, 0.25) is 11.7 Å². The normalized spacial score (nSPS) is 13.4. The average Bonchev–Trinajstić information content (AvgIpc) is 3.48. The molecule has 1 N–H and O–H groups in total. The van der Waals surface area contributed by atoms with Crippen LogP contribution >= 0.6 is 0 Å². The first-order chi connectivity index (χ1) is 15.1. The Morgan fingerprint density at radius 2 is 1.81 bits per heavy atom. The maximum atomic E-state index is 12.7. The highest BCUT2D eigenvalue weighted by Crippen LogP contribution is 2.22. The second-order valence-electron chi connectivity index (χ2n) is 7.70. The van der Waals surface area contributed by atoms with Gasteiger partial charge in [0.1, 0.15) is 0 Å². The predicted octanol–water partition coefficient (Wildman–Crippen LogP) is 3.30. The van der Waals surface area contributed by atoms with Crippen LogP contribution in [-0.4, -0.2) is 50.0 Å². The van der Waals surface area contributed by atoms with Crippen LogP contribution in [0.2, 0.25) is 0 Å². The van der Waals surface area contributed by atoms with Crippen LogP contribution in [0.25, 0.3) is 11.4 Å². The van der Waals surface area contributed by atoms with Crippen LogP contribution in [0.5, 0.6) is 0 Å². The molecular formula is C23H26N6O2. The molecule has 1 aromatic heterocycles. The topological polar surface area (TPSA) is 93.0 Å². The van der Waals surface area contributed by atoms with E-state index in [-0.39, 0.29) is 11.8 Å². The van der Waals surface area contributed by atoms with Crippen molar-refractivity contribution < 1.29 is 9.59 Å². The molecular weight excluding hydrogens is 392 g/mol. The molecule has 2 heterocycles. The zero-order valence-corrected chi connectivity index (χ0v) is 17.6. The fraction of sp³-hybridized carbons (Fsp3) is 0.348. The molecule has 0 saturated carbocycles. The number of benzene rings is 2. The van der Waals surface area contributed by atoms with Crippen LogP contribution in [0.3, 0.4) is 0 Å². The Bertz CT molecular complexity index is 1060. The molecule has 2 amide bonds. The van der Waals surface area contributed by atoms with Crippen molar-refractivity contribution in [2.24, 2.45) is 0 Å². The summed E-state index contributed by atoms with van der Waals surface area (Å²) in [6, 6.07) is 15.1. The van der Waals surface area contributed by atoms with Crippen molar-refractivity contribution in [3.8, 4) is 11.4 Å². The lowest BCUT2D eigenvalue weighted by atomic mass is 10.1. The molecule has 1 fully saturated rings. The number of aryl methyl sites for hydroxylation is 1. The molecule has 3 aromatic rings. The first-order valence-electron chi connectivity index (χ1n) is 10.6. The number of carbonyl (C=O) groups is 2. The van der Waals surface area contributed by atoms with Crippen LogP contribution in [0.15, 0.2) is 48.5 Å². The summed E-state index contributed by atoms with van der Waals surface area (Å²) in [6.07, 6.45) is 3.01. The van der Waals surface area contributed by atoms with Crippen LogP contribution in [0.4, 0.5) is 5.69 Å². The number of anilines is 1. The van der Waals surface area contributed by atoms with E-state index >= 15 is 0 Å². The van der Waals surface area contributed by atoms with Gasteiger partial charge in [0.05, 0.1) is 6.54 Å². The van der Waals surface area contributed by atoms with E-state index < -0.39 is 0 Å². The van der Waals surface area contributed by atoms with Gasteiger partial charge in [0.15, 0.2) is 0 Å². The van der Waals surface area contributed by atoms with Gasteiger partial charge in [-0.15, -0.1) is 10.2 Å². The van der Waals surface area contributed by atoms with E-state index in [9.17, 15) is 9.59 Å². The lowest BCUT2D eigenvalue weighted by Gasteiger charge is -2.18. The number of hydrogen-bond acceptors (Lipinski definition) is 5. The number of likely N-dealkylation sites (tertiary alicyclic amines) is 1. The number of hydrogen-bond donors (Lipinski definition) is 1. The molecule has 0 radical (unpaired) electrons. The molecule has 0 atom stereocenters. The monoisotopic (exact) mass is 418 g/mol. The van der Waals surface area contributed by atoms with Gasteiger partial charge in [-0.1, -0.05) is 36.4 Å². The SMILES string of the molecule is Cc1c(NC(=O)CCCn2nnc(-c3ccccc3)n2)cccc1C(=O)N1CCCC1. The third-order valence-corrected chi connectivity index (χ3v) is 5.48. The molecule has 0 bridgehead atoms. The summed E-state index contributed by atoms with van der Waals surface area (Å²) in [5.41, 5.74) is 3.05. The Kier molecular flexibility index (Phi) is 6.35. The van der Waals surface area contributed by atoms with Gasteiger partial charge in [-0.05, 0) is 49.1 Å². The van der Waals surface area contributed by atoms with Crippen molar-refractivity contribution in [2.45, 2.75) is 39.2 Å².